The van der Waals surface area contributed by atoms with Crippen LogP contribution in [0.25, 0.3) is 11.0 Å². The molecule has 0 amide bonds. The van der Waals surface area contributed by atoms with E-state index in [0.717, 1.165) is 23.6 Å². The lowest BCUT2D eigenvalue weighted by Gasteiger charge is -2.13. The number of furan rings is 1. The summed E-state index contributed by atoms with van der Waals surface area (Å²) < 4.78 is 5.56. The highest BCUT2D eigenvalue weighted by molar-refractivity contribution is 6.30. The summed E-state index contributed by atoms with van der Waals surface area (Å²) >= 11 is 6.02. The Bertz CT molecular complexity index is 735. The van der Waals surface area contributed by atoms with Gasteiger partial charge in [-0.25, -0.2) is 0 Å². The van der Waals surface area contributed by atoms with Gasteiger partial charge in [-0.1, -0.05) is 41.9 Å². The summed E-state index contributed by atoms with van der Waals surface area (Å²) in [7, 11) is 0. The third kappa shape index (κ3) is 3.46. The lowest BCUT2D eigenvalue weighted by Crippen LogP contribution is -2.27. The maximum absolute atomic E-state index is 6.02. The van der Waals surface area contributed by atoms with Crippen LogP contribution in [0, 0.1) is 0 Å². The maximum Gasteiger partial charge on any atom is 0.134 e. The Morgan fingerprint density at radius 1 is 1.14 bits per heavy atom. The molecule has 1 atom stereocenters. The molecular formula is C18H18ClNO. The zero-order valence-electron chi connectivity index (χ0n) is 12.0. The van der Waals surface area contributed by atoms with Crippen LogP contribution in [0.4, 0.5) is 0 Å². The van der Waals surface area contributed by atoms with Crippen LogP contribution in [-0.2, 0) is 13.0 Å². The lowest BCUT2D eigenvalue weighted by molar-refractivity contribution is 0.539. The first-order valence-electron chi connectivity index (χ1n) is 7.15. The topological polar surface area (TPSA) is 25.2 Å². The molecular weight excluding hydrogens is 282 g/mol. The SMILES string of the molecule is CC(Cc1cccc(Cl)c1)NCc1coc2ccccc12. The second kappa shape index (κ2) is 6.33. The van der Waals surface area contributed by atoms with E-state index in [1.54, 1.807) is 0 Å². The summed E-state index contributed by atoms with van der Waals surface area (Å²) in [6.45, 7) is 2.99. The fourth-order valence-electron chi connectivity index (χ4n) is 2.54. The zero-order valence-corrected chi connectivity index (χ0v) is 12.7. The van der Waals surface area contributed by atoms with Gasteiger partial charge in [-0.2, -0.15) is 0 Å². The Labute approximate surface area is 129 Å². The van der Waals surface area contributed by atoms with Crippen molar-refractivity contribution in [2.24, 2.45) is 0 Å². The Balaban J connectivity index is 1.62. The van der Waals surface area contributed by atoms with E-state index in [-0.39, 0.29) is 0 Å². The summed E-state index contributed by atoms with van der Waals surface area (Å²) in [4.78, 5) is 0. The molecule has 2 aromatic carbocycles. The number of para-hydroxylation sites is 1. The highest BCUT2D eigenvalue weighted by Crippen LogP contribution is 2.20. The third-order valence-corrected chi connectivity index (χ3v) is 3.87. The molecule has 2 nitrogen and oxygen atoms in total. The number of fused-ring (bicyclic) bond motifs is 1. The number of hydrogen-bond donors (Lipinski definition) is 1. The molecule has 0 spiro atoms. The van der Waals surface area contributed by atoms with Crippen LogP contribution < -0.4 is 5.32 Å². The van der Waals surface area contributed by atoms with E-state index in [0.29, 0.717) is 6.04 Å². The van der Waals surface area contributed by atoms with Crippen molar-refractivity contribution in [2.45, 2.75) is 25.9 Å². The minimum Gasteiger partial charge on any atom is -0.464 e. The van der Waals surface area contributed by atoms with Gasteiger partial charge in [0.05, 0.1) is 6.26 Å². The van der Waals surface area contributed by atoms with E-state index in [9.17, 15) is 0 Å². The van der Waals surface area contributed by atoms with Gasteiger partial charge in [-0.15, -0.1) is 0 Å². The van der Waals surface area contributed by atoms with Crippen molar-refractivity contribution in [2.75, 3.05) is 0 Å². The van der Waals surface area contributed by atoms with Gasteiger partial charge in [0, 0.05) is 28.6 Å². The molecule has 0 saturated heterocycles. The van der Waals surface area contributed by atoms with E-state index in [2.05, 4.69) is 24.4 Å². The highest BCUT2D eigenvalue weighted by atomic mass is 35.5. The third-order valence-electron chi connectivity index (χ3n) is 3.63. The van der Waals surface area contributed by atoms with Gasteiger partial charge in [0.15, 0.2) is 0 Å². The summed E-state index contributed by atoms with van der Waals surface area (Å²) in [6, 6.07) is 16.5. The molecule has 3 rings (SSSR count). The first kappa shape index (κ1) is 14.2. The van der Waals surface area contributed by atoms with Crippen LogP contribution in [0.15, 0.2) is 59.2 Å². The minimum absolute atomic E-state index is 0.372. The number of rotatable bonds is 5. The van der Waals surface area contributed by atoms with Crippen molar-refractivity contribution in [1.82, 2.24) is 5.32 Å². The van der Waals surface area contributed by atoms with Crippen molar-refractivity contribution < 1.29 is 4.42 Å². The van der Waals surface area contributed by atoms with Gasteiger partial charge in [-0.3, -0.25) is 0 Å². The minimum atomic E-state index is 0.372. The van der Waals surface area contributed by atoms with Crippen LogP contribution in [0.5, 0.6) is 0 Å². The molecule has 108 valence electrons. The molecule has 1 unspecified atom stereocenters. The number of nitrogens with one attached hydrogen (secondary N) is 1. The second-order valence-electron chi connectivity index (χ2n) is 5.37. The molecule has 3 aromatic rings. The zero-order chi connectivity index (χ0) is 14.7. The largest absolute Gasteiger partial charge is 0.464 e. The average molecular weight is 300 g/mol. The molecule has 1 heterocycles. The molecule has 0 saturated carbocycles. The summed E-state index contributed by atoms with van der Waals surface area (Å²) in [5.41, 5.74) is 3.39. The Kier molecular flexibility index (Phi) is 4.28. The van der Waals surface area contributed by atoms with Crippen molar-refractivity contribution in [3.8, 4) is 0 Å². The van der Waals surface area contributed by atoms with Crippen LogP contribution in [0.2, 0.25) is 5.02 Å². The molecule has 0 fully saturated rings. The fraction of sp³-hybridized carbons (Fsp3) is 0.222. The normalized spacial score (nSPS) is 12.7. The first-order valence-corrected chi connectivity index (χ1v) is 7.53. The summed E-state index contributed by atoms with van der Waals surface area (Å²) in [5, 5.41) is 5.51. The second-order valence-corrected chi connectivity index (χ2v) is 5.81. The van der Waals surface area contributed by atoms with Gasteiger partial charge in [0.2, 0.25) is 0 Å². The molecule has 3 heteroatoms. The predicted molar refractivity (Wildman–Crippen MR) is 87.7 cm³/mol. The highest BCUT2D eigenvalue weighted by Gasteiger charge is 2.08. The summed E-state index contributed by atoms with van der Waals surface area (Å²) in [6.07, 6.45) is 2.79. The van der Waals surface area contributed by atoms with Crippen LogP contribution in [-0.4, -0.2) is 6.04 Å². The van der Waals surface area contributed by atoms with Gasteiger partial charge in [0.1, 0.15) is 5.58 Å². The smallest absolute Gasteiger partial charge is 0.134 e. The monoisotopic (exact) mass is 299 g/mol. The maximum atomic E-state index is 6.02. The van der Waals surface area contributed by atoms with Gasteiger partial charge >= 0.3 is 0 Å². The van der Waals surface area contributed by atoms with Crippen molar-refractivity contribution in [3.63, 3.8) is 0 Å². The standard InChI is InChI=1S/C18H18ClNO/c1-13(9-14-5-4-6-16(19)10-14)20-11-15-12-21-18-8-3-2-7-17(15)18/h2-8,10,12-13,20H,9,11H2,1H3. The molecule has 21 heavy (non-hydrogen) atoms. The van der Waals surface area contributed by atoms with Crippen molar-refractivity contribution in [3.05, 3.63) is 70.9 Å². The van der Waals surface area contributed by atoms with E-state index in [4.69, 9.17) is 16.0 Å². The van der Waals surface area contributed by atoms with Gasteiger partial charge < -0.3 is 9.73 Å². The fourth-order valence-corrected chi connectivity index (χ4v) is 2.76. The van der Waals surface area contributed by atoms with Gasteiger partial charge in [0.25, 0.3) is 0 Å². The molecule has 0 aliphatic carbocycles. The number of hydrogen-bond acceptors (Lipinski definition) is 2. The van der Waals surface area contributed by atoms with Crippen molar-refractivity contribution in [1.29, 1.82) is 0 Å². The molecule has 0 radical (unpaired) electrons. The van der Waals surface area contributed by atoms with E-state index < -0.39 is 0 Å². The van der Waals surface area contributed by atoms with Crippen molar-refractivity contribution >= 4 is 22.6 Å². The Hall–Kier alpha value is -1.77. The van der Waals surface area contributed by atoms with E-state index in [1.807, 2.05) is 42.7 Å². The Morgan fingerprint density at radius 3 is 2.86 bits per heavy atom. The average Bonchev–Trinajstić information content (AvgIpc) is 2.88. The number of halogens is 1. The van der Waals surface area contributed by atoms with Crippen LogP contribution in [0.1, 0.15) is 18.1 Å². The molecule has 0 bridgehead atoms. The summed E-state index contributed by atoms with van der Waals surface area (Å²) in [5.74, 6) is 0. The van der Waals surface area contributed by atoms with Crippen LogP contribution in [0.3, 0.4) is 0 Å². The van der Waals surface area contributed by atoms with E-state index >= 15 is 0 Å². The Morgan fingerprint density at radius 2 is 2.00 bits per heavy atom. The van der Waals surface area contributed by atoms with Gasteiger partial charge in [-0.05, 0) is 37.1 Å². The van der Waals surface area contributed by atoms with Crippen LogP contribution >= 0.6 is 11.6 Å². The molecule has 1 aromatic heterocycles. The predicted octanol–water partition coefficient (Wildman–Crippen LogP) is 4.81. The molecule has 0 aliphatic rings. The number of benzene rings is 2. The lowest BCUT2D eigenvalue weighted by atomic mass is 10.1. The molecule has 0 aliphatic heterocycles. The quantitative estimate of drug-likeness (QED) is 0.731. The molecule has 1 N–H and O–H groups in total. The first-order chi connectivity index (χ1) is 10.2. The van der Waals surface area contributed by atoms with E-state index in [1.165, 1.54) is 16.5 Å².